The van der Waals surface area contributed by atoms with E-state index >= 15 is 0 Å². The fourth-order valence-corrected chi connectivity index (χ4v) is 5.19. The summed E-state index contributed by atoms with van der Waals surface area (Å²) in [5.74, 6) is -3.68. The predicted molar refractivity (Wildman–Crippen MR) is 203 cm³/mol. The van der Waals surface area contributed by atoms with E-state index in [-0.39, 0.29) is 12.3 Å². The van der Waals surface area contributed by atoms with Crippen molar-refractivity contribution in [3.05, 3.63) is 36.5 Å². The summed E-state index contributed by atoms with van der Waals surface area (Å²) in [6.45, 7) is 27.8. The first kappa shape index (κ1) is 47.0. The van der Waals surface area contributed by atoms with Crippen molar-refractivity contribution in [2.24, 2.45) is 11.3 Å². The molecule has 1 heterocycles. The molecule has 4 unspecified atom stereocenters. The predicted octanol–water partition coefficient (Wildman–Crippen LogP) is 5.52. The van der Waals surface area contributed by atoms with Gasteiger partial charge in [-0.3, -0.25) is 24.0 Å². The van der Waals surface area contributed by atoms with Crippen LogP contribution in [-0.4, -0.2) is 82.8 Å². The highest BCUT2D eigenvalue weighted by Crippen LogP contribution is 2.26. The van der Waals surface area contributed by atoms with Crippen molar-refractivity contribution >= 4 is 35.5 Å². The molecule has 1 aliphatic rings. The van der Waals surface area contributed by atoms with E-state index in [0.29, 0.717) is 31.4 Å². The molecular weight excluding hydrogens is 650 g/mol. The van der Waals surface area contributed by atoms with Crippen LogP contribution in [0.25, 0.3) is 0 Å². The number of nitrogens with one attached hydrogen (secondary N) is 4. The summed E-state index contributed by atoms with van der Waals surface area (Å²) in [7, 11) is 0. The number of nitrogens with zero attached hydrogens (tertiary/aromatic N) is 1. The van der Waals surface area contributed by atoms with Gasteiger partial charge in [0.2, 0.25) is 17.6 Å². The second-order valence-corrected chi connectivity index (χ2v) is 15.7. The summed E-state index contributed by atoms with van der Waals surface area (Å²) >= 11 is 0. The molecule has 0 aromatic carbocycles. The lowest BCUT2D eigenvalue weighted by molar-refractivity contribution is -0.153. The summed E-state index contributed by atoms with van der Waals surface area (Å²) < 4.78 is 5.54. The molecule has 1 fully saturated rings. The van der Waals surface area contributed by atoms with Gasteiger partial charge >= 0.3 is 12.0 Å². The van der Waals surface area contributed by atoms with Crippen LogP contribution < -0.4 is 21.3 Å². The Balaban J connectivity index is 0.00000802. The highest BCUT2D eigenvalue weighted by molar-refractivity contribution is 6.38. The Morgan fingerprint density at radius 3 is 2.04 bits per heavy atom. The molecule has 51 heavy (non-hydrogen) atoms. The first-order chi connectivity index (χ1) is 23.5. The summed E-state index contributed by atoms with van der Waals surface area (Å²) in [6, 6.07) is -3.50. The second kappa shape index (κ2) is 21.4. The van der Waals surface area contributed by atoms with Gasteiger partial charge in [0.1, 0.15) is 24.2 Å². The maximum absolute atomic E-state index is 13.8. The zero-order valence-corrected chi connectivity index (χ0v) is 33.6. The van der Waals surface area contributed by atoms with Crippen molar-refractivity contribution < 1.29 is 33.5 Å². The van der Waals surface area contributed by atoms with E-state index in [0.717, 1.165) is 0 Å². The SMILES string of the molecule is C=C/C(=C\C=C/C)C(C)(C)OC(=O)CNC(=O)C(=O)C(CC(C)CC)NC(=O)C1CCCN1C(=O)C(NC(=O)NC(C)(C)C)C(C)(C)C.CCC. The third-order valence-corrected chi connectivity index (χ3v) is 8.05. The molecule has 0 saturated carbocycles. The monoisotopic (exact) mass is 718 g/mol. The third kappa shape index (κ3) is 16.7. The van der Waals surface area contributed by atoms with Crippen LogP contribution in [0.2, 0.25) is 0 Å². The molecule has 0 bridgehead atoms. The van der Waals surface area contributed by atoms with Crippen molar-refractivity contribution in [2.75, 3.05) is 13.1 Å². The van der Waals surface area contributed by atoms with Gasteiger partial charge in [-0.05, 0) is 77.7 Å². The molecule has 12 nitrogen and oxygen atoms in total. The van der Waals surface area contributed by atoms with Gasteiger partial charge in [-0.2, -0.15) is 0 Å². The largest absolute Gasteiger partial charge is 0.453 e. The molecule has 0 spiro atoms. The van der Waals surface area contributed by atoms with E-state index in [1.807, 2.05) is 68.4 Å². The minimum Gasteiger partial charge on any atom is -0.453 e. The zero-order chi connectivity index (χ0) is 39.7. The fraction of sp³-hybridized carbons (Fsp3) is 0.692. The molecule has 4 N–H and O–H groups in total. The first-order valence-electron chi connectivity index (χ1n) is 18.2. The van der Waals surface area contributed by atoms with E-state index < -0.39 is 76.7 Å². The number of carbonyl (C=O) groups excluding carboxylic acids is 6. The normalized spacial score (nSPS) is 16.9. The number of likely N-dealkylation sites (tertiary alicyclic amines) is 1. The van der Waals surface area contributed by atoms with Crippen molar-refractivity contribution in [3.63, 3.8) is 0 Å². The van der Waals surface area contributed by atoms with Gasteiger partial charge < -0.3 is 30.9 Å². The van der Waals surface area contributed by atoms with Crippen molar-refractivity contribution in [3.8, 4) is 0 Å². The molecule has 0 aromatic heterocycles. The first-order valence-corrected chi connectivity index (χ1v) is 18.2. The Bertz CT molecular complexity index is 1270. The van der Waals surface area contributed by atoms with Crippen LogP contribution in [0, 0.1) is 11.3 Å². The van der Waals surface area contributed by atoms with Gasteiger partial charge in [-0.1, -0.05) is 92.2 Å². The Hall–Kier alpha value is -3.96. The molecule has 290 valence electrons. The number of urea groups is 1. The van der Waals surface area contributed by atoms with E-state index in [2.05, 4.69) is 41.7 Å². The number of esters is 1. The average molecular weight is 718 g/mol. The van der Waals surface area contributed by atoms with Crippen LogP contribution >= 0.6 is 0 Å². The number of hydrogen-bond acceptors (Lipinski definition) is 7. The Morgan fingerprint density at radius 2 is 1.55 bits per heavy atom. The van der Waals surface area contributed by atoms with Crippen molar-refractivity contribution in [2.45, 2.75) is 151 Å². The number of amides is 5. The molecule has 0 aromatic rings. The standard InChI is InChI=1S/C36H59N5O7.C3H8/c1-13-16-18-24(15-3)36(11,12)48-27(42)22-37-31(45)28(43)25(21-23(4)14-2)38-30(44)26-19-17-20-41(26)32(46)29(34(5,6)7)39-33(47)40-35(8,9)10;1-3-2/h13,15-16,18,23,25-26,29H,3,14,17,19-22H2,1-2,4-12H3,(H,37,45)(H,38,44)(H2,39,40,47);3H2,1-2H3/b16-13-,24-18+;. The quantitative estimate of drug-likeness (QED) is 0.0985. The fourth-order valence-electron chi connectivity index (χ4n) is 5.19. The molecule has 12 heteroatoms. The molecule has 0 aliphatic carbocycles. The molecule has 1 rings (SSSR count). The summed E-state index contributed by atoms with van der Waals surface area (Å²) in [5.41, 5.74) is -1.59. The number of allylic oxidation sites excluding steroid dienone is 3. The Kier molecular flexibility index (Phi) is 19.8. The van der Waals surface area contributed by atoms with E-state index in [9.17, 15) is 28.8 Å². The lowest BCUT2D eigenvalue weighted by Gasteiger charge is -2.36. The highest BCUT2D eigenvalue weighted by Gasteiger charge is 2.43. The topological polar surface area (TPSA) is 163 Å². The summed E-state index contributed by atoms with van der Waals surface area (Å²) in [6.07, 6.45) is 9.96. The molecular formula is C39H67N5O7. The Morgan fingerprint density at radius 1 is 0.961 bits per heavy atom. The lowest BCUT2D eigenvalue weighted by atomic mass is 9.85. The Labute approximate surface area is 307 Å². The average Bonchev–Trinajstić information content (AvgIpc) is 3.51. The summed E-state index contributed by atoms with van der Waals surface area (Å²) in [5, 5.41) is 10.6. The smallest absolute Gasteiger partial charge is 0.326 e. The molecule has 4 atom stereocenters. The van der Waals surface area contributed by atoms with Gasteiger partial charge in [-0.25, -0.2) is 4.79 Å². The zero-order valence-electron chi connectivity index (χ0n) is 33.6. The molecule has 5 amide bonds. The van der Waals surface area contributed by atoms with Gasteiger partial charge in [0, 0.05) is 12.1 Å². The minimum absolute atomic E-state index is 0.0174. The minimum atomic E-state index is -1.18. The highest BCUT2D eigenvalue weighted by atomic mass is 16.6. The summed E-state index contributed by atoms with van der Waals surface area (Å²) in [4.78, 5) is 80.6. The number of ether oxygens (including phenoxy) is 1. The number of hydrogen-bond donors (Lipinski definition) is 4. The van der Waals surface area contributed by atoms with Crippen molar-refractivity contribution in [1.29, 1.82) is 0 Å². The van der Waals surface area contributed by atoms with Crippen molar-refractivity contribution in [1.82, 2.24) is 26.2 Å². The third-order valence-electron chi connectivity index (χ3n) is 8.05. The van der Waals surface area contributed by atoms with E-state index in [1.54, 1.807) is 32.1 Å². The molecule has 1 aliphatic heterocycles. The maximum atomic E-state index is 13.8. The second-order valence-electron chi connectivity index (χ2n) is 15.7. The number of carbonyl (C=O) groups is 6. The van der Waals surface area contributed by atoms with Gasteiger partial charge in [0.25, 0.3) is 5.91 Å². The molecule has 1 saturated heterocycles. The van der Waals surface area contributed by atoms with Crippen LogP contribution in [0.3, 0.4) is 0 Å². The van der Waals surface area contributed by atoms with Crippen LogP contribution in [-0.2, 0) is 28.7 Å². The molecule has 0 radical (unpaired) electrons. The van der Waals surface area contributed by atoms with Crippen LogP contribution in [0.4, 0.5) is 4.79 Å². The number of rotatable bonds is 15. The van der Waals surface area contributed by atoms with E-state index in [4.69, 9.17) is 4.74 Å². The van der Waals surface area contributed by atoms with Gasteiger partial charge in [0.05, 0.1) is 6.04 Å². The lowest BCUT2D eigenvalue weighted by Crippen LogP contribution is -2.61. The van der Waals surface area contributed by atoms with Crippen LogP contribution in [0.5, 0.6) is 0 Å². The number of Topliss-reactive ketones (excluding diaryl/α,β-unsaturated/α-hetero) is 1. The maximum Gasteiger partial charge on any atom is 0.326 e. The van der Waals surface area contributed by atoms with Gasteiger partial charge in [0.15, 0.2) is 0 Å². The number of ketones is 1. The van der Waals surface area contributed by atoms with Gasteiger partial charge in [-0.15, -0.1) is 0 Å². The van der Waals surface area contributed by atoms with Crippen LogP contribution in [0.15, 0.2) is 36.5 Å². The van der Waals surface area contributed by atoms with E-state index in [1.165, 1.54) is 11.3 Å². The van der Waals surface area contributed by atoms with Crippen LogP contribution in [0.1, 0.15) is 122 Å².